The Hall–Kier alpha value is -1.36. The van der Waals surface area contributed by atoms with E-state index in [4.69, 9.17) is 0 Å². The van der Waals surface area contributed by atoms with Crippen molar-refractivity contribution in [2.24, 2.45) is 0 Å². The van der Waals surface area contributed by atoms with Crippen LogP contribution in [0.25, 0.3) is 0 Å². The first-order valence-electron chi connectivity index (χ1n) is 3.96. The van der Waals surface area contributed by atoms with Gasteiger partial charge in [0.1, 0.15) is 0 Å². The number of hydrogen-bond donors (Lipinski definition) is 0. The average Bonchev–Trinajstić information content (AvgIpc) is 2.15. The van der Waals surface area contributed by atoms with Crippen molar-refractivity contribution in [3.05, 3.63) is 39.9 Å². The molecule has 14 heavy (non-hydrogen) atoms. The Morgan fingerprint density at radius 2 is 2.29 bits per heavy atom. The number of carbonyl (C=O) groups is 1. The van der Waals surface area contributed by atoms with Crippen molar-refractivity contribution < 1.29 is 9.72 Å². The molecule has 1 aromatic rings. The predicted octanol–water partition coefficient (Wildman–Crippen LogP) is 2.37. The number of thioether (sulfide) groups is 1. The molecule has 0 unspecified atom stereocenters. The van der Waals surface area contributed by atoms with Crippen LogP contribution in [0.4, 0.5) is 5.69 Å². The van der Waals surface area contributed by atoms with Gasteiger partial charge in [-0.2, -0.15) is 0 Å². The predicted molar refractivity (Wildman–Crippen MR) is 55.1 cm³/mol. The molecule has 0 spiro atoms. The van der Waals surface area contributed by atoms with Crippen molar-refractivity contribution >= 4 is 22.6 Å². The van der Waals surface area contributed by atoms with Crippen LogP contribution in [0.3, 0.4) is 0 Å². The second kappa shape index (κ2) is 4.76. The van der Waals surface area contributed by atoms with E-state index in [1.165, 1.54) is 19.1 Å². The Morgan fingerprint density at radius 3 is 2.86 bits per heavy atom. The summed E-state index contributed by atoms with van der Waals surface area (Å²) in [4.78, 5) is 20.6. The van der Waals surface area contributed by atoms with Gasteiger partial charge in [-0.15, -0.1) is 0 Å². The third-order valence-electron chi connectivity index (χ3n) is 1.56. The van der Waals surface area contributed by atoms with Gasteiger partial charge in [0, 0.05) is 24.8 Å². The summed E-state index contributed by atoms with van der Waals surface area (Å²) in [5.74, 6) is 0.483. The van der Waals surface area contributed by atoms with Crippen LogP contribution in [0.1, 0.15) is 12.5 Å². The highest BCUT2D eigenvalue weighted by Crippen LogP contribution is 2.18. The molecule has 1 aromatic carbocycles. The summed E-state index contributed by atoms with van der Waals surface area (Å²) in [7, 11) is 0. The van der Waals surface area contributed by atoms with Crippen LogP contribution in [0.5, 0.6) is 0 Å². The van der Waals surface area contributed by atoms with Gasteiger partial charge in [0.15, 0.2) is 5.12 Å². The molecular formula is C9H9NO3S. The summed E-state index contributed by atoms with van der Waals surface area (Å²) in [6, 6.07) is 6.30. The molecule has 0 aliphatic carbocycles. The van der Waals surface area contributed by atoms with E-state index in [2.05, 4.69) is 0 Å². The standard InChI is InChI=1S/C9H9NO3S/c1-7(11)14-6-8-3-2-4-9(5-8)10(12)13/h2-5H,6H2,1H3. The molecule has 0 aliphatic rings. The number of benzene rings is 1. The molecule has 0 radical (unpaired) electrons. The summed E-state index contributed by atoms with van der Waals surface area (Å²) >= 11 is 1.14. The fourth-order valence-corrected chi connectivity index (χ4v) is 1.49. The van der Waals surface area contributed by atoms with Gasteiger partial charge in [-0.25, -0.2) is 0 Å². The first-order valence-corrected chi connectivity index (χ1v) is 4.95. The molecule has 0 amide bonds. The summed E-state index contributed by atoms with van der Waals surface area (Å²) < 4.78 is 0. The van der Waals surface area contributed by atoms with Gasteiger partial charge < -0.3 is 0 Å². The number of nitro benzene ring substituents is 1. The minimum atomic E-state index is -0.443. The summed E-state index contributed by atoms with van der Waals surface area (Å²) in [6.07, 6.45) is 0. The van der Waals surface area contributed by atoms with Gasteiger partial charge in [0.25, 0.3) is 5.69 Å². The maximum Gasteiger partial charge on any atom is 0.269 e. The molecule has 4 nitrogen and oxygen atoms in total. The van der Waals surface area contributed by atoms with Crippen LogP contribution < -0.4 is 0 Å². The Bertz CT molecular complexity index is 365. The van der Waals surface area contributed by atoms with E-state index >= 15 is 0 Å². The Kier molecular flexibility index (Phi) is 3.64. The maximum absolute atomic E-state index is 10.7. The third-order valence-corrected chi connectivity index (χ3v) is 2.45. The van der Waals surface area contributed by atoms with Gasteiger partial charge in [-0.1, -0.05) is 23.9 Å². The summed E-state index contributed by atoms with van der Waals surface area (Å²) in [5.41, 5.74) is 0.853. The zero-order valence-corrected chi connectivity index (χ0v) is 8.41. The van der Waals surface area contributed by atoms with Crippen LogP contribution in [0.15, 0.2) is 24.3 Å². The van der Waals surface area contributed by atoms with Crippen molar-refractivity contribution in [3.63, 3.8) is 0 Å². The smallest absolute Gasteiger partial charge is 0.269 e. The van der Waals surface area contributed by atoms with Gasteiger partial charge in [0.2, 0.25) is 0 Å². The number of non-ortho nitro benzene ring substituents is 1. The molecular weight excluding hydrogens is 202 g/mol. The van der Waals surface area contributed by atoms with E-state index in [0.717, 1.165) is 17.3 Å². The lowest BCUT2D eigenvalue weighted by molar-refractivity contribution is -0.384. The fourth-order valence-electron chi connectivity index (χ4n) is 0.945. The highest BCUT2D eigenvalue weighted by Gasteiger charge is 2.05. The normalized spacial score (nSPS) is 9.79. The second-order valence-electron chi connectivity index (χ2n) is 2.71. The third kappa shape index (κ3) is 3.18. The number of rotatable bonds is 3. The van der Waals surface area contributed by atoms with Crippen LogP contribution in [0.2, 0.25) is 0 Å². The van der Waals surface area contributed by atoms with E-state index < -0.39 is 4.92 Å². The minimum absolute atomic E-state index is 0.0107. The van der Waals surface area contributed by atoms with Crippen molar-refractivity contribution in [2.75, 3.05) is 0 Å². The molecule has 0 N–H and O–H groups in total. The highest BCUT2D eigenvalue weighted by atomic mass is 32.2. The van der Waals surface area contributed by atoms with Gasteiger partial charge >= 0.3 is 0 Å². The van der Waals surface area contributed by atoms with Crippen LogP contribution >= 0.6 is 11.8 Å². The van der Waals surface area contributed by atoms with Crippen molar-refractivity contribution in [1.82, 2.24) is 0 Å². The molecule has 0 saturated heterocycles. The molecule has 0 aliphatic heterocycles. The van der Waals surface area contributed by atoms with Crippen LogP contribution in [-0.4, -0.2) is 10.0 Å². The molecule has 0 bridgehead atoms. The molecule has 0 heterocycles. The van der Waals surface area contributed by atoms with Gasteiger partial charge in [-0.05, 0) is 5.56 Å². The molecule has 0 aromatic heterocycles. The van der Waals surface area contributed by atoms with E-state index in [9.17, 15) is 14.9 Å². The van der Waals surface area contributed by atoms with Crippen molar-refractivity contribution in [2.45, 2.75) is 12.7 Å². The van der Waals surface area contributed by atoms with Gasteiger partial charge in [0.05, 0.1) is 4.92 Å². The fraction of sp³-hybridized carbons (Fsp3) is 0.222. The lowest BCUT2D eigenvalue weighted by atomic mass is 10.2. The zero-order chi connectivity index (χ0) is 10.6. The largest absolute Gasteiger partial charge is 0.288 e. The Balaban J connectivity index is 2.73. The van der Waals surface area contributed by atoms with E-state index in [1.54, 1.807) is 12.1 Å². The first-order chi connectivity index (χ1) is 6.59. The van der Waals surface area contributed by atoms with Crippen molar-refractivity contribution in [1.29, 1.82) is 0 Å². The van der Waals surface area contributed by atoms with E-state index in [1.807, 2.05) is 0 Å². The van der Waals surface area contributed by atoms with Crippen molar-refractivity contribution in [3.8, 4) is 0 Å². The zero-order valence-electron chi connectivity index (χ0n) is 7.60. The molecule has 0 fully saturated rings. The average molecular weight is 211 g/mol. The van der Waals surface area contributed by atoms with Gasteiger partial charge in [-0.3, -0.25) is 14.9 Å². The minimum Gasteiger partial charge on any atom is -0.288 e. The van der Waals surface area contributed by atoms with Crippen LogP contribution in [0, 0.1) is 10.1 Å². The number of carbonyl (C=O) groups excluding carboxylic acids is 1. The number of hydrogen-bond acceptors (Lipinski definition) is 4. The molecule has 74 valence electrons. The molecule has 1 rings (SSSR count). The lowest BCUT2D eigenvalue weighted by Gasteiger charge is -1.98. The molecule has 0 saturated carbocycles. The monoisotopic (exact) mass is 211 g/mol. The number of nitrogens with zero attached hydrogens (tertiary/aromatic N) is 1. The molecule has 0 atom stereocenters. The maximum atomic E-state index is 10.7. The van der Waals surface area contributed by atoms with Crippen LogP contribution in [-0.2, 0) is 10.5 Å². The Morgan fingerprint density at radius 1 is 1.57 bits per heavy atom. The first kappa shape index (κ1) is 10.7. The van der Waals surface area contributed by atoms with E-state index in [-0.39, 0.29) is 10.8 Å². The SMILES string of the molecule is CC(=O)SCc1cccc([N+](=O)[O-])c1. The second-order valence-corrected chi connectivity index (χ2v) is 3.86. The molecule has 5 heteroatoms. The quantitative estimate of drug-likeness (QED) is 0.568. The Labute approximate surface area is 85.5 Å². The number of nitro groups is 1. The topological polar surface area (TPSA) is 60.2 Å². The summed E-state index contributed by atoms with van der Waals surface area (Å²) in [6.45, 7) is 1.47. The highest BCUT2D eigenvalue weighted by molar-refractivity contribution is 8.12. The summed E-state index contributed by atoms with van der Waals surface area (Å²) in [5, 5.41) is 10.4. The lowest BCUT2D eigenvalue weighted by Crippen LogP contribution is -1.90. The van der Waals surface area contributed by atoms with E-state index in [0.29, 0.717) is 5.75 Å².